The lowest BCUT2D eigenvalue weighted by molar-refractivity contribution is 0.447. The van der Waals surface area contributed by atoms with Crippen molar-refractivity contribution in [2.75, 3.05) is 13.1 Å². The number of nitrogens with one attached hydrogen (secondary N) is 1. The molecule has 0 aliphatic carbocycles. The number of unbranched alkanes of at least 4 members (excludes halogenated alkanes) is 4. The smallest absolute Gasteiger partial charge is 0.0178 e. The van der Waals surface area contributed by atoms with E-state index >= 15 is 0 Å². The molecule has 20 heavy (non-hydrogen) atoms. The van der Waals surface area contributed by atoms with Gasteiger partial charge in [0.1, 0.15) is 0 Å². The van der Waals surface area contributed by atoms with E-state index in [1.807, 2.05) is 12.3 Å². The van der Waals surface area contributed by atoms with Gasteiger partial charge in [-0.15, -0.1) is 0 Å². The Hall–Kier alpha value is -1.06. The molecular formula is C17H31N3. The van der Waals surface area contributed by atoms with Gasteiger partial charge in [-0.25, -0.2) is 0 Å². The monoisotopic (exact) mass is 277 g/mol. The van der Waals surface area contributed by atoms with Gasteiger partial charge in [0.25, 0.3) is 0 Å². The molecule has 1 rings (SSSR count). The zero-order valence-electron chi connectivity index (χ0n) is 12.7. The first kappa shape index (κ1) is 17.0. The molecule has 0 fully saturated rings. The summed E-state index contributed by atoms with van der Waals surface area (Å²) >= 11 is 0. The van der Waals surface area contributed by atoms with Gasteiger partial charge >= 0.3 is 0 Å². The third-order valence-corrected chi connectivity index (χ3v) is 3.80. The highest BCUT2D eigenvalue weighted by atomic mass is 14.9. The molecule has 1 aliphatic heterocycles. The Balaban J connectivity index is 2.40. The Labute approximate surface area is 124 Å². The van der Waals surface area contributed by atoms with Crippen molar-refractivity contribution in [3.05, 3.63) is 36.2 Å². The van der Waals surface area contributed by atoms with Gasteiger partial charge in [0.2, 0.25) is 0 Å². The van der Waals surface area contributed by atoms with Crippen LogP contribution in [-0.2, 0) is 0 Å². The SMILES string of the molecule is NCCCCCCC(CCCCN)C1=CC=CC=CN1. The van der Waals surface area contributed by atoms with Crippen LogP contribution in [0.4, 0.5) is 0 Å². The maximum absolute atomic E-state index is 5.61. The Morgan fingerprint density at radius 1 is 0.800 bits per heavy atom. The zero-order valence-corrected chi connectivity index (χ0v) is 12.7. The molecule has 0 aromatic rings. The molecule has 0 radical (unpaired) electrons. The molecule has 3 heteroatoms. The maximum atomic E-state index is 5.61. The standard InChI is InChI=1S/C17H31N3/c18-13-7-2-1-4-10-16(11-6-8-14-19)17-12-5-3-9-15-20-17/h3,5,9,12,15-16,20H,1-2,4,6-8,10-11,13-14,18-19H2. The fourth-order valence-electron chi connectivity index (χ4n) is 2.60. The quantitative estimate of drug-likeness (QED) is 0.508. The maximum Gasteiger partial charge on any atom is 0.0178 e. The van der Waals surface area contributed by atoms with Gasteiger partial charge in [-0.05, 0) is 56.8 Å². The van der Waals surface area contributed by atoms with Crippen molar-refractivity contribution in [2.24, 2.45) is 17.4 Å². The summed E-state index contributed by atoms with van der Waals surface area (Å²) in [5.41, 5.74) is 12.5. The fraction of sp³-hybridized carbons (Fsp3) is 0.647. The van der Waals surface area contributed by atoms with E-state index in [4.69, 9.17) is 11.5 Å². The third-order valence-electron chi connectivity index (χ3n) is 3.80. The van der Waals surface area contributed by atoms with E-state index in [1.165, 1.54) is 44.2 Å². The Bertz CT molecular complexity index is 318. The van der Waals surface area contributed by atoms with Crippen molar-refractivity contribution >= 4 is 0 Å². The van der Waals surface area contributed by atoms with Gasteiger partial charge in [0, 0.05) is 11.9 Å². The van der Waals surface area contributed by atoms with Crippen LogP contribution in [0, 0.1) is 5.92 Å². The van der Waals surface area contributed by atoms with Crippen molar-refractivity contribution < 1.29 is 0 Å². The van der Waals surface area contributed by atoms with Crippen LogP contribution in [0.5, 0.6) is 0 Å². The lowest BCUT2D eigenvalue weighted by Crippen LogP contribution is -2.16. The highest BCUT2D eigenvalue weighted by molar-refractivity contribution is 5.22. The van der Waals surface area contributed by atoms with Crippen LogP contribution in [-0.4, -0.2) is 13.1 Å². The molecule has 1 aliphatic rings. The first-order chi connectivity index (χ1) is 9.88. The van der Waals surface area contributed by atoms with E-state index in [0.717, 1.165) is 25.9 Å². The fourth-order valence-corrected chi connectivity index (χ4v) is 2.60. The summed E-state index contributed by atoms with van der Waals surface area (Å²) in [5.74, 6) is 0.631. The Morgan fingerprint density at radius 3 is 2.20 bits per heavy atom. The first-order valence-corrected chi connectivity index (χ1v) is 8.08. The number of hydrogen-bond donors (Lipinski definition) is 3. The minimum absolute atomic E-state index is 0.631. The van der Waals surface area contributed by atoms with Crippen molar-refractivity contribution in [1.82, 2.24) is 5.32 Å². The molecule has 1 heterocycles. The second-order valence-electron chi connectivity index (χ2n) is 5.48. The topological polar surface area (TPSA) is 64.1 Å². The Morgan fingerprint density at radius 2 is 1.45 bits per heavy atom. The molecule has 0 saturated carbocycles. The first-order valence-electron chi connectivity index (χ1n) is 8.08. The van der Waals surface area contributed by atoms with E-state index < -0.39 is 0 Å². The van der Waals surface area contributed by atoms with E-state index in [1.54, 1.807) is 0 Å². The summed E-state index contributed by atoms with van der Waals surface area (Å²) in [6.07, 6.45) is 20.3. The highest BCUT2D eigenvalue weighted by Crippen LogP contribution is 2.24. The molecule has 0 aromatic carbocycles. The summed E-state index contributed by atoms with van der Waals surface area (Å²) in [6, 6.07) is 0. The van der Waals surface area contributed by atoms with Crippen molar-refractivity contribution in [3.63, 3.8) is 0 Å². The van der Waals surface area contributed by atoms with E-state index in [0.29, 0.717) is 5.92 Å². The highest BCUT2D eigenvalue weighted by Gasteiger charge is 2.13. The summed E-state index contributed by atoms with van der Waals surface area (Å²) in [5, 5.41) is 3.43. The predicted molar refractivity (Wildman–Crippen MR) is 88.0 cm³/mol. The lowest BCUT2D eigenvalue weighted by Gasteiger charge is -2.20. The van der Waals surface area contributed by atoms with Crippen LogP contribution in [0.15, 0.2) is 36.2 Å². The molecule has 1 unspecified atom stereocenters. The van der Waals surface area contributed by atoms with E-state index in [-0.39, 0.29) is 0 Å². The Kier molecular flexibility index (Phi) is 9.98. The summed E-state index contributed by atoms with van der Waals surface area (Å²) < 4.78 is 0. The number of rotatable bonds is 11. The van der Waals surface area contributed by atoms with Crippen molar-refractivity contribution in [1.29, 1.82) is 0 Å². The van der Waals surface area contributed by atoms with Crippen molar-refractivity contribution in [3.8, 4) is 0 Å². The summed E-state index contributed by atoms with van der Waals surface area (Å²) in [7, 11) is 0. The average Bonchev–Trinajstić information content (AvgIpc) is 2.74. The molecule has 114 valence electrons. The number of hydrogen-bond acceptors (Lipinski definition) is 3. The molecule has 0 spiro atoms. The van der Waals surface area contributed by atoms with Gasteiger partial charge in [0.15, 0.2) is 0 Å². The van der Waals surface area contributed by atoms with Gasteiger partial charge in [-0.3, -0.25) is 0 Å². The van der Waals surface area contributed by atoms with Crippen LogP contribution in [0.1, 0.15) is 51.4 Å². The van der Waals surface area contributed by atoms with Crippen LogP contribution < -0.4 is 16.8 Å². The molecule has 3 nitrogen and oxygen atoms in total. The van der Waals surface area contributed by atoms with Crippen LogP contribution in [0.2, 0.25) is 0 Å². The predicted octanol–water partition coefficient (Wildman–Crippen LogP) is 3.20. The van der Waals surface area contributed by atoms with Crippen LogP contribution in [0.25, 0.3) is 0 Å². The minimum atomic E-state index is 0.631. The van der Waals surface area contributed by atoms with Gasteiger partial charge < -0.3 is 16.8 Å². The molecule has 0 saturated heterocycles. The minimum Gasteiger partial charge on any atom is -0.365 e. The van der Waals surface area contributed by atoms with Crippen LogP contribution in [0.3, 0.4) is 0 Å². The van der Waals surface area contributed by atoms with Gasteiger partial charge in [0.05, 0.1) is 0 Å². The van der Waals surface area contributed by atoms with E-state index in [2.05, 4.69) is 23.5 Å². The molecule has 1 atom stereocenters. The van der Waals surface area contributed by atoms with Crippen molar-refractivity contribution in [2.45, 2.75) is 51.4 Å². The second-order valence-corrected chi connectivity index (χ2v) is 5.48. The summed E-state index contributed by atoms with van der Waals surface area (Å²) in [4.78, 5) is 0. The molecule has 0 amide bonds. The van der Waals surface area contributed by atoms with Gasteiger partial charge in [-0.2, -0.15) is 0 Å². The average molecular weight is 277 g/mol. The third kappa shape index (κ3) is 7.51. The molecule has 0 bridgehead atoms. The summed E-state index contributed by atoms with van der Waals surface area (Å²) in [6.45, 7) is 1.62. The van der Waals surface area contributed by atoms with E-state index in [9.17, 15) is 0 Å². The van der Waals surface area contributed by atoms with Gasteiger partial charge in [-0.1, -0.05) is 37.8 Å². The molecule has 0 aromatic heterocycles. The largest absolute Gasteiger partial charge is 0.365 e. The van der Waals surface area contributed by atoms with Crippen LogP contribution >= 0.6 is 0 Å². The second kappa shape index (κ2) is 11.7. The zero-order chi connectivity index (χ0) is 14.5. The molecule has 5 N–H and O–H groups in total. The molecular weight excluding hydrogens is 246 g/mol. The number of allylic oxidation sites excluding steroid dienone is 5. The normalized spacial score (nSPS) is 15.6. The number of nitrogens with two attached hydrogens (primary N) is 2. The lowest BCUT2D eigenvalue weighted by atomic mass is 9.91.